The lowest BCUT2D eigenvalue weighted by atomic mass is 9.82. The zero-order valence-electron chi connectivity index (χ0n) is 12.4. The Bertz CT molecular complexity index is 772. The first-order chi connectivity index (χ1) is 10.8. The number of fused-ring (bicyclic) bond motifs is 1. The zero-order valence-corrected chi connectivity index (χ0v) is 12.4. The molecule has 0 aromatic heterocycles. The Morgan fingerprint density at radius 3 is 1.91 bits per heavy atom. The van der Waals surface area contributed by atoms with Crippen LogP contribution in [0.4, 0.5) is 0 Å². The largest absolute Gasteiger partial charge is 0.299 e. The number of hydrogen-bond donors (Lipinski definition) is 0. The maximum absolute atomic E-state index is 12.8. The smallest absolute Gasteiger partial charge is 0.143 e. The quantitative estimate of drug-likeness (QED) is 0.797. The lowest BCUT2D eigenvalue weighted by molar-refractivity contribution is -0.124. The van der Waals surface area contributed by atoms with E-state index in [1.54, 1.807) is 0 Å². The van der Waals surface area contributed by atoms with Gasteiger partial charge < -0.3 is 0 Å². The van der Waals surface area contributed by atoms with E-state index in [1.165, 1.54) is 22.3 Å². The first-order valence-electron chi connectivity index (χ1n) is 8.23. The van der Waals surface area contributed by atoms with Crippen LogP contribution < -0.4 is 0 Å². The van der Waals surface area contributed by atoms with Gasteiger partial charge in [-0.2, -0.15) is 0 Å². The summed E-state index contributed by atoms with van der Waals surface area (Å²) in [6, 6.07) is 21.3. The van der Waals surface area contributed by atoms with Crippen LogP contribution in [0.15, 0.2) is 60.7 Å². The van der Waals surface area contributed by atoms with Gasteiger partial charge >= 0.3 is 0 Å². The highest BCUT2D eigenvalue weighted by Gasteiger charge is 2.59. The average molecular weight is 286 g/mol. The molecule has 4 unspecified atom stereocenters. The molecule has 0 spiro atoms. The Morgan fingerprint density at radius 1 is 0.727 bits per heavy atom. The number of rotatable bonds is 2. The van der Waals surface area contributed by atoms with Gasteiger partial charge in [-0.3, -0.25) is 4.79 Å². The van der Waals surface area contributed by atoms with Crippen molar-refractivity contribution in [2.75, 3.05) is 0 Å². The molecular weight excluding hydrogens is 268 g/mol. The fraction of sp³-hybridized carbons (Fsp3) is 0.286. The van der Waals surface area contributed by atoms with Crippen molar-refractivity contribution >= 4 is 16.9 Å². The van der Waals surface area contributed by atoms with Gasteiger partial charge in [0.25, 0.3) is 0 Å². The molecule has 3 aliphatic rings. The summed E-state index contributed by atoms with van der Waals surface area (Å²) in [7, 11) is 0. The Hall–Kier alpha value is -2.15. The number of benzene rings is 2. The first kappa shape index (κ1) is 12.4. The molecule has 22 heavy (non-hydrogen) atoms. The molecule has 2 saturated carbocycles. The zero-order chi connectivity index (χ0) is 14.7. The lowest BCUT2D eigenvalue weighted by Gasteiger charge is -2.20. The van der Waals surface area contributed by atoms with Crippen molar-refractivity contribution in [1.29, 1.82) is 0 Å². The second-order valence-corrected chi connectivity index (χ2v) is 6.88. The fourth-order valence-electron chi connectivity index (χ4n) is 5.13. The molecule has 0 radical (unpaired) electrons. The van der Waals surface area contributed by atoms with Gasteiger partial charge in [0.15, 0.2) is 0 Å². The van der Waals surface area contributed by atoms with E-state index in [1.807, 2.05) is 0 Å². The van der Waals surface area contributed by atoms with Crippen LogP contribution >= 0.6 is 0 Å². The van der Waals surface area contributed by atoms with Crippen molar-refractivity contribution in [2.24, 2.45) is 23.7 Å². The molecule has 0 amide bonds. The van der Waals surface area contributed by atoms with Crippen LogP contribution in [0.5, 0.6) is 0 Å². The van der Waals surface area contributed by atoms with E-state index in [-0.39, 0.29) is 5.92 Å². The van der Waals surface area contributed by atoms with Gasteiger partial charge in [-0.25, -0.2) is 0 Å². The Labute approximate surface area is 130 Å². The molecule has 108 valence electrons. The minimum absolute atomic E-state index is 0.154. The molecule has 2 aromatic carbocycles. The van der Waals surface area contributed by atoms with Gasteiger partial charge in [0, 0.05) is 11.8 Å². The molecule has 0 N–H and O–H groups in total. The van der Waals surface area contributed by atoms with Crippen molar-refractivity contribution in [1.82, 2.24) is 0 Å². The number of Topliss-reactive ketones (excluding diaryl/α,β-unsaturated/α-hetero) is 1. The standard InChI is InChI=1S/C21H18O/c22-21-15-11-16-17(12-15)20(21)19(14-9-5-2-6-10-14)18(16)13-7-3-1-4-8-13/h1-10,15-17,20H,11-12H2. The maximum Gasteiger partial charge on any atom is 0.143 e. The predicted octanol–water partition coefficient (Wildman–Crippen LogP) is 4.45. The molecule has 2 fully saturated rings. The van der Waals surface area contributed by atoms with E-state index >= 15 is 0 Å². The summed E-state index contributed by atoms with van der Waals surface area (Å²) >= 11 is 0. The van der Waals surface area contributed by atoms with Gasteiger partial charge in [-0.15, -0.1) is 0 Å². The second-order valence-electron chi connectivity index (χ2n) is 6.88. The third kappa shape index (κ3) is 1.51. The number of carbonyl (C=O) groups excluding carboxylic acids is 1. The molecule has 1 heteroatoms. The topological polar surface area (TPSA) is 17.1 Å². The van der Waals surface area contributed by atoms with Crippen LogP contribution in [-0.4, -0.2) is 5.78 Å². The Balaban J connectivity index is 1.77. The minimum Gasteiger partial charge on any atom is -0.299 e. The molecule has 4 atom stereocenters. The third-order valence-electron chi connectivity index (χ3n) is 5.89. The van der Waals surface area contributed by atoms with E-state index < -0.39 is 0 Å². The average Bonchev–Trinajstić information content (AvgIpc) is 3.18. The summed E-state index contributed by atoms with van der Waals surface area (Å²) in [5, 5.41) is 0. The first-order valence-corrected chi connectivity index (χ1v) is 8.23. The molecule has 0 saturated heterocycles. The monoisotopic (exact) mass is 286 g/mol. The molecule has 2 aromatic rings. The number of allylic oxidation sites excluding steroid dienone is 2. The van der Waals surface area contributed by atoms with Crippen molar-refractivity contribution in [2.45, 2.75) is 12.8 Å². The molecule has 0 heterocycles. The summed E-state index contributed by atoms with van der Waals surface area (Å²) < 4.78 is 0. The van der Waals surface area contributed by atoms with Crippen molar-refractivity contribution in [3.8, 4) is 0 Å². The van der Waals surface area contributed by atoms with E-state index in [0.29, 0.717) is 23.5 Å². The van der Waals surface area contributed by atoms with Crippen LogP contribution in [0.25, 0.3) is 11.1 Å². The van der Waals surface area contributed by atoms with Gasteiger partial charge in [0.2, 0.25) is 0 Å². The summed E-state index contributed by atoms with van der Waals surface area (Å²) in [6.07, 6.45) is 2.18. The highest BCUT2D eigenvalue weighted by molar-refractivity contribution is 6.09. The number of carbonyl (C=O) groups is 1. The second kappa shape index (κ2) is 4.42. The molecule has 0 aliphatic heterocycles. The van der Waals surface area contributed by atoms with Gasteiger partial charge in [-0.05, 0) is 47.0 Å². The van der Waals surface area contributed by atoms with Crippen molar-refractivity contribution in [3.63, 3.8) is 0 Å². The molecule has 1 nitrogen and oxygen atoms in total. The van der Waals surface area contributed by atoms with E-state index in [0.717, 1.165) is 12.8 Å². The van der Waals surface area contributed by atoms with E-state index in [2.05, 4.69) is 60.7 Å². The highest BCUT2D eigenvalue weighted by Crippen LogP contribution is 2.64. The van der Waals surface area contributed by atoms with Crippen LogP contribution in [0.3, 0.4) is 0 Å². The molecule has 5 rings (SSSR count). The van der Waals surface area contributed by atoms with Crippen molar-refractivity contribution in [3.05, 3.63) is 71.8 Å². The molecule has 3 aliphatic carbocycles. The summed E-state index contributed by atoms with van der Waals surface area (Å²) in [5.41, 5.74) is 5.34. The number of ketones is 1. The summed E-state index contributed by atoms with van der Waals surface area (Å²) in [4.78, 5) is 12.8. The van der Waals surface area contributed by atoms with Gasteiger partial charge in [0.1, 0.15) is 5.78 Å². The van der Waals surface area contributed by atoms with Gasteiger partial charge in [-0.1, -0.05) is 60.7 Å². The summed E-state index contributed by atoms with van der Waals surface area (Å²) in [5.74, 6) is 2.13. The third-order valence-corrected chi connectivity index (χ3v) is 5.89. The Kier molecular flexibility index (Phi) is 2.49. The normalized spacial score (nSPS) is 32.1. The molecule has 2 bridgehead atoms. The summed E-state index contributed by atoms with van der Waals surface area (Å²) in [6.45, 7) is 0. The van der Waals surface area contributed by atoms with Gasteiger partial charge in [0.05, 0.1) is 0 Å². The number of hydrogen-bond acceptors (Lipinski definition) is 1. The van der Waals surface area contributed by atoms with Crippen LogP contribution in [-0.2, 0) is 4.79 Å². The molecular formula is C21H18O. The highest BCUT2D eigenvalue weighted by atomic mass is 16.1. The van der Waals surface area contributed by atoms with Crippen LogP contribution in [0.1, 0.15) is 24.0 Å². The Morgan fingerprint density at radius 2 is 1.32 bits per heavy atom. The van der Waals surface area contributed by atoms with Crippen LogP contribution in [0, 0.1) is 23.7 Å². The lowest BCUT2D eigenvalue weighted by Crippen LogP contribution is -2.23. The minimum atomic E-state index is 0.154. The van der Waals surface area contributed by atoms with E-state index in [4.69, 9.17) is 0 Å². The van der Waals surface area contributed by atoms with E-state index in [9.17, 15) is 4.79 Å². The predicted molar refractivity (Wildman–Crippen MR) is 87.9 cm³/mol. The fourth-order valence-corrected chi connectivity index (χ4v) is 5.13. The SMILES string of the molecule is O=C1C2CC3C(c4ccccc4)=C(c4ccccc4)C1C3C2. The van der Waals surface area contributed by atoms with Crippen LogP contribution in [0.2, 0.25) is 0 Å². The maximum atomic E-state index is 12.8. The van der Waals surface area contributed by atoms with Crippen molar-refractivity contribution < 1.29 is 4.79 Å².